The van der Waals surface area contributed by atoms with Crippen LogP contribution >= 0.6 is 0 Å². The Bertz CT molecular complexity index is 206. The van der Waals surface area contributed by atoms with Gasteiger partial charge in [-0.25, -0.2) is 0 Å². The predicted molar refractivity (Wildman–Crippen MR) is 65.3 cm³/mol. The van der Waals surface area contributed by atoms with Gasteiger partial charge in [0.2, 0.25) is 0 Å². The molecule has 0 heterocycles. The Balaban J connectivity index is 2.26. The highest BCUT2D eigenvalue weighted by atomic mass is 16.5. The number of carbonyl (C=O) groups is 1. The van der Waals surface area contributed by atoms with Gasteiger partial charge in [-0.15, -0.1) is 0 Å². The average Bonchev–Trinajstić information content (AvgIpc) is 2.30. The van der Waals surface area contributed by atoms with Crippen LogP contribution in [-0.2, 0) is 9.53 Å². The van der Waals surface area contributed by atoms with Gasteiger partial charge in [0.15, 0.2) is 0 Å². The third kappa shape index (κ3) is 4.52. The van der Waals surface area contributed by atoms with Gasteiger partial charge >= 0.3 is 5.97 Å². The highest BCUT2D eigenvalue weighted by Gasteiger charge is 2.27. The lowest BCUT2D eigenvalue weighted by Crippen LogP contribution is -2.37. The standard InChI is InChI=1S/C13H25NO2/c1-3-5-9-14-12-8-6-7-11(10-12)13(15)16-4-2/h11-12,14H,3-10H2,1-2H3. The van der Waals surface area contributed by atoms with E-state index < -0.39 is 0 Å². The predicted octanol–water partition coefficient (Wildman–Crippen LogP) is 2.50. The van der Waals surface area contributed by atoms with E-state index in [-0.39, 0.29) is 11.9 Å². The van der Waals surface area contributed by atoms with E-state index in [1.165, 1.54) is 19.3 Å². The molecule has 3 heteroatoms. The van der Waals surface area contributed by atoms with Crippen molar-refractivity contribution in [3.05, 3.63) is 0 Å². The van der Waals surface area contributed by atoms with Gasteiger partial charge in [-0.1, -0.05) is 19.8 Å². The molecule has 1 N–H and O–H groups in total. The molecule has 0 amide bonds. The Kier molecular flexibility index (Phi) is 6.46. The summed E-state index contributed by atoms with van der Waals surface area (Å²) in [6, 6.07) is 0.523. The fourth-order valence-electron chi connectivity index (χ4n) is 2.33. The molecule has 1 aliphatic carbocycles. The largest absolute Gasteiger partial charge is 0.466 e. The normalized spacial score (nSPS) is 25.4. The van der Waals surface area contributed by atoms with E-state index in [4.69, 9.17) is 4.74 Å². The minimum atomic E-state index is 0.00416. The van der Waals surface area contributed by atoms with Gasteiger partial charge in [-0.05, 0) is 39.2 Å². The maximum atomic E-state index is 11.6. The monoisotopic (exact) mass is 227 g/mol. The lowest BCUT2D eigenvalue weighted by Gasteiger charge is -2.28. The second-order valence-corrected chi connectivity index (χ2v) is 4.62. The van der Waals surface area contributed by atoms with Crippen molar-refractivity contribution in [2.75, 3.05) is 13.2 Å². The number of ether oxygens (including phenoxy) is 1. The van der Waals surface area contributed by atoms with Crippen molar-refractivity contribution in [2.24, 2.45) is 5.92 Å². The van der Waals surface area contributed by atoms with Crippen LogP contribution in [0, 0.1) is 5.92 Å². The second kappa shape index (κ2) is 7.66. The first-order valence-corrected chi connectivity index (χ1v) is 6.68. The van der Waals surface area contributed by atoms with Crippen LogP contribution in [0.4, 0.5) is 0 Å². The van der Waals surface area contributed by atoms with Crippen molar-refractivity contribution in [3.63, 3.8) is 0 Å². The zero-order valence-corrected chi connectivity index (χ0v) is 10.6. The molecule has 3 nitrogen and oxygen atoms in total. The lowest BCUT2D eigenvalue weighted by atomic mass is 9.85. The van der Waals surface area contributed by atoms with Crippen LogP contribution in [0.15, 0.2) is 0 Å². The topological polar surface area (TPSA) is 38.3 Å². The minimum Gasteiger partial charge on any atom is -0.466 e. The van der Waals surface area contributed by atoms with Gasteiger partial charge in [0, 0.05) is 6.04 Å². The van der Waals surface area contributed by atoms with Gasteiger partial charge in [0.1, 0.15) is 0 Å². The van der Waals surface area contributed by atoms with Gasteiger partial charge < -0.3 is 10.1 Å². The molecule has 2 atom stereocenters. The molecular weight excluding hydrogens is 202 g/mol. The molecule has 1 fully saturated rings. The van der Waals surface area contributed by atoms with E-state index in [9.17, 15) is 4.79 Å². The Morgan fingerprint density at radius 2 is 2.19 bits per heavy atom. The van der Waals surface area contributed by atoms with Crippen molar-refractivity contribution in [3.8, 4) is 0 Å². The number of hydrogen-bond donors (Lipinski definition) is 1. The van der Waals surface area contributed by atoms with Crippen LogP contribution in [0.5, 0.6) is 0 Å². The third-order valence-corrected chi connectivity index (χ3v) is 3.26. The maximum Gasteiger partial charge on any atom is 0.308 e. The van der Waals surface area contributed by atoms with E-state index in [2.05, 4.69) is 12.2 Å². The number of esters is 1. The summed E-state index contributed by atoms with van der Waals surface area (Å²) in [6.45, 7) is 5.65. The summed E-state index contributed by atoms with van der Waals surface area (Å²) in [5.41, 5.74) is 0. The van der Waals surface area contributed by atoms with E-state index in [1.54, 1.807) is 0 Å². The number of carbonyl (C=O) groups excluding carboxylic acids is 1. The second-order valence-electron chi connectivity index (χ2n) is 4.62. The van der Waals surface area contributed by atoms with Crippen LogP contribution in [0.2, 0.25) is 0 Å². The van der Waals surface area contributed by atoms with Crippen LogP contribution in [0.25, 0.3) is 0 Å². The van der Waals surface area contributed by atoms with Gasteiger partial charge in [0.25, 0.3) is 0 Å². The molecule has 1 rings (SSSR count). The number of hydrogen-bond acceptors (Lipinski definition) is 3. The van der Waals surface area contributed by atoms with Gasteiger partial charge in [-0.3, -0.25) is 4.79 Å². The molecule has 1 aliphatic rings. The first kappa shape index (κ1) is 13.5. The number of nitrogens with one attached hydrogen (secondary N) is 1. The molecule has 0 saturated heterocycles. The summed E-state index contributed by atoms with van der Waals surface area (Å²) in [5, 5.41) is 3.54. The van der Waals surface area contributed by atoms with Crippen molar-refractivity contribution >= 4 is 5.97 Å². The number of unbranched alkanes of at least 4 members (excludes halogenated alkanes) is 1. The quantitative estimate of drug-likeness (QED) is 0.559. The highest BCUT2D eigenvalue weighted by Crippen LogP contribution is 2.25. The smallest absolute Gasteiger partial charge is 0.308 e. The summed E-state index contributed by atoms with van der Waals surface area (Å²) in [5.74, 6) is 0.136. The van der Waals surface area contributed by atoms with Crippen molar-refractivity contribution in [1.82, 2.24) is 5.32 Å². The maximum absolute atomic E-state index is 11.6. The Morgan fingerprint density at radius 3 is 2.88 bits per heavy atom. The Hall–Kier alpha value is -0.570. The molecule has 0 spiro atoms. The molecular formula is C13H25NO2. The zero-order chi connectivity index (χ0) is 11.8. The van der Waals surface area contributed by atoms with Crippen LogP contribution in [-0.4, -0.2) is 25.2 Å². The zero-order valence-electron chi connectivity index (χ0n) is 10.6. The molecule has 1 saturated carbocycles. The molecule has 0 aliphatic heterocycles. The van der Waals surface area contributed by atoms with Crippen LogP contribution < -0.4 is 5.32 Å². The summed E-state index contributed by atoms with van der Waals surface area (Å²) in [7, 11) is 0. The SMILES string of the molecule is CCCCNC1CCCC(C(=O)OCC)C1. The van der Waals surface area contributed by atoms with Crippen molar-refractivity contribution < 1.29 is 9.53 Å². The van der Waals surface area contributed by atoms with Crippen LogP contribution in [0.1, 0.15) is 52.4 Å². The lowest BCUT2D eigenvalue weighted by molar-refractivity contribution is -0.149. The van der Waals surface area contributed by atoms with Gasteiger partial charge in [-0.2, -0.15) is 0 Å². The molecule has 0 aromatic carbocycles. The Labute approximate surface area is 98.9 Å². The van der Waals surface area contributed by atoms with Crippen molar-refractivity contribution in [1.29, 1.82) is 0 Å². The molecule has 2 unspecified atom stereocenters. The molecule has 0 radical (unpaired) electrons. The third-order valence-electron chi connectivity index (χ3n) is 3.26. The molecule has 0 aromatic rings. The first-order chi connectivity index (χ1) is 7.77. The van der Waals surface area contributed by atoms with Gasteiger partial charge in [0.05, 0.1) is 12.5 Å². The van der Waals surface area contributed by atoms with E-state index >= 15 is 0 Å². The Morgan fingerprint density at radius 1 is 1.38 bits per heavy atom. The fraction of sp³-hybridized carbons (Fsp3) is 0.923. The summed E-state index contributed by atoms with van der Waals surface area (Å²) in [4.78, 5) is 11.6. The summed E-state index contributed by atoms with van der Waals surface area (Å²) < 4.78 is 5.09. The fourth-order valence-corrected chi connectivity index (χ4v) is 2.33. The minimum absolute atomic E-state index is 0.00416. The highest BCUT2D eigenvalue weighted by molar-refractivity contribution is 5.72. The molecule has 16 heavy (non-hydrogen) atoms. The van der Waals surface area contributed by atoms with Crippen molar-refractivity contribution in [2.45, 2.75) is 58.4 Å². The number of rotatable bonds is 6. The molecule has 94 valence electrons. The molecule has 0 bridgehead atoms. The summed E-state index contributed by atoms with van der Waals surface area (Å²) in [6.07, 6.45) is 6.77. The van der Waals surface area contributed by atoms with E-state index in [1.807, 2.05) is 6.92 Å². The average molecular weight is 227 g/mol. The molecule has 0 aromatic heterocycles. The first-order valence-electron chi connectivity index (χ1n) is 6.68. The van der Waals surface area contributed by atoms with E-state index in [0.717, 1.165) is 25.8 Å². The van der Waals surface area contributed by atoms with E-state index in [0.29, 0.717) is 12.6 Å². The summed E-state index contributed by atoms with van der Waals surface area (Å²) >= 11 is 0. The van der Waals surface area contributed by atoms with Crippen LogP contribution in [0.3, 0.4) is 0 Å².